The van der Waals surface area contributed by atoms with E-state index in [1.807, 2.05) is 0 Å². The van der Waals surface area contributed by atoms with Gasteiger partial charge in [-0.3, -0.25) is 9.67 Å². The highest BCUT2D eigenvalue weighted by Crippen LogP contribution is 2.20. The summed E-state index contributed by atoms with van der Waals surface area (Å²) >= 11 is 6.04. The molecule has 0 bridgehead atoms. The van der Waals surface area contributed by atoms with E-state index >= 15 is 0 Å². The molecule has 1 aromatic carbocycles. The van der Waals surface area contributed by atoms with Crippen LogP contribution in [0.3, 0.4) is 0 Å². The Hall–Kier alpha value is -3.50. The van der Waals surface area contributed by atoms with Crippen LogP contribution in [-0.2, 0) is 6.54 Å². The van der Waals surface area contributed by atoms with Crippen LogP contribution >= 0.6 is 11.6 Å². The fraction of sp³-hybridized carbons (Fsp3) is 0.0526. The second-order valence-electron chi connectivity index (χ2n) is 5.54. The lowest BCUT2D eigenvalue weighted by atomic mass is 10.2. The SMILES string of the molecule is Fc1cccc(Cl)c1Cn1cc(C#Cc2cc(-c3cnccn3)on2)cn1. The summed E-state index contributed by atoms with van der Waals surface area (Å²) in [5, 5.41) is 8.44. The Morgan fingerprint density at radius 1 is 1.19 bits per heavy atom. The number of hydrogen-bond acceptors (Lipinski definition) is 5. The Balaban J connectivity index is 1.50. The molecule has 0 amide bonds. The monoisotopic (exact) mass is 379 g/mol. The molecule has 0 aliphatic carbocycles. The van der Waals surface area contributed by atoms with Crippen molar-refractivity contribution in [3.8, 4) is 23.3 Å². The third-order valence-corrected chi connectivity index (χ3v) is 4.03. The number of rotatable bonds is 3. The second-order valence-corrected chi connectivity index (χ2v) is 5.95. The predicted molar refractivity (Wildman–Crippen MR) is 96.2 cm³/mol. The van der Waals surface area contributed by atoms with Gasteiger partial charge >= 0.3 is 0 Å². The van der Waals surface area contributed by atoms with Gasteiger partial charge in [0.15, 0.2) is 11.5 Å². The summed E-state index contributed by atoms with van der Waals surface area (Å²) in [4.78, 5) is 8.12. The van der Waals surface area contributed by atoms with Gasteiger partial charge in [-0.1, -0.05) is 28.7 Å². The molecule has 0 spiro atoms. The maximum absolute atomic E-state index is 13.9. The lowest BCUT2D eigenvalue weighted by Gasteiger charge is -2.05. The van der Waals surface area contributed by atoms with Crippen molar-refractivity contribution in [1.82, 2.24) is 24.9 Å². The summed E-state index contributed by atoms with van der Waals surface area (Å²) in [6.07, 6.45) is 8.02. The molecule has 27 heavy (non-hydrogen) atoms. The highest BCUT2D eigenvalue weighted by Gasteiger charge is 2.09. The molecule has 8 heteroatoms. The first-order valence-electron chi connectivity index (χ1n) is 7.89. The summed E-state index contributed by atoms with van der Waals surface area (Å²) in [5.41, 5.74) is 2.08. The van der Waals surface area contributed by atoms with E-state index in [4.69, 9.17) is 16.1 Å². The van der Waals surface area contributed by atoms with Gasteiger partial charge in [-0.2, -0.15) is 5.10 Å². The average molecular weight is 380 g/mol. The molecule has 3 aromatic heterocycles. The van der Waals surface area contributed by atoms with Crippen LogP contribution in [0.15, 0.2) is 59.8 Å². The summed E-state index contributed by atoms with van der Waals surface area (Å²) < 4.78 is 20.7. The van der Waals surface area contributed by atoms with Gasteiger partial charge in [-0.15, -0.1) is 0 Å². The van der Waals surface area contributed by atoms with Gasteiger partial charge < -0.3 is 4.52 Å². The van der Waals surface area contributed by atoms with Crippen LogP contribution in [0.4, 0.5) is 4.39 Å². The molecule has 0 aliphatic heterocycles. The highest BCUT2D eigenvalue weighted by atomic mass is 35.5. The molecule has 0 N–H and O–H groups in total. The van der Waals surface area contributed by atoms with E-state index in [-0.39, 0.29) is 12.4 Å². The Morgan fingerprint density at radius 3 is 2.93 bits per heavy atom. The molecule has 6 nitrogen and oxygen atoms in total. The van der Waals surface area contributed by atoms with Crippen molar-refractivity contribution in [3.63, 3.8) is 0 Å². The standard InChI is InChI=1S/C19H11ClFN5O/c20-16-2-1-3-17(21)15(16)12-26-11-13(9-24-26)4-5-14-8-19(27-25-14)18-10-22-6-7-23-18/h1-3,6-11H,12H2. The minimum Gasteiger partial charge on any atom is -0.353 e. The first-order valence-corrected chi connectivity index (χ1v) is 8.27. The molecular formula is C19H11ClFN5O. The van der Waals surface area contributed by atoms with Crippen molar-refractivity contribution in [2.45, 2.75) is 6.54 Å². The molecule has 0 atom stereocenters. The van der Waals surface area contributed by atoms with Gasteiger partial charge in [0, 0.05) is 35.2 Å². The second kappa shape index (κ2) is 7.40. The third kappa shape index (κ3) is 3.86. The molecule has 0 saturated heterocycles. The van der Waals surface area contributed by atoms with E-state index in [0.29, 0.717) is 33.3 Å². The maximum Gasteiger partial charge on any atom is 0.188 e. The Kier molecular flexibility index (Phi) is 4.64. The van der Waals surface area contributed by atoms with Gasteiger partial charge in [0.05, 0.1) is 24.5 Å². The van der Waals surface area contributed by atoms with Crippen LogP contribution in [0, 0.1) is 17.7 Å². The Bertz CT molecular complexity index is 1120. The lowest BCUT2D eigenvalue weighted by molar-refractivity contribution is 0.429. The molecule has 0 saturated carbocycles. The fourth-order valence-corrected chi connectivity index (χ4v) is 2.60. The summed E-state index contributed by atoms with van der Waals surface area (Å²) in [7, 11) is 0. The topological polar surface area (TPSA) is 69.6 Å². The number of hydrogen-bond donors (Lipinski definition) is 0. The van der Waals surface area contributed by atoms with E-state index in [0.717, 1.165) is 0 Å². The van der Waals surface area contributed by atoms with Gasteiger partial charge in [-0.05, 0) is 18.1 Å². The van der Waals surface area contributed by atoms with Crippen LogP contribution < -0.4 is 0 Å². The van der Waals surface area contributed by atoms with Gasteiger partial charge in [0.2, 0.25) is 0 Å². The van der Waals surface area contributed by atoms with Crippen LogP contribution in [0.1, 0.15) is 16.8 Å². The van der Waals surface area contributed by atoms with E-state index in [1.54, 1.807) is 53.9 Å². The quantitative estimate of drug-likeness (QED) is 0.509. The minimum atomic E-state index is -0.371. The van der Waals surface area contributed by atoms with Crippen molar-refractivity contribution < 1.29 is 8.91 Å². The van der Waals surface area contributed by atoms with Crippen molar-refractivity contribution in [2.24, 2.45) is 0 Å². The molecule has 0 aliphatic rings. The molecule has 3 heterocycles. The van der Waals surface area contributed by atoms with E-state index < -0.39 is 0 Å². The Labute approximate surface area is 158 Å². The van der Waals surface area contributed by atoms with E-state index in [9.17, 15) is 4.39 Å². The molecule has 0 radical (unpaired) electrons. The Morgan fingerprint density at radius 2 is 2.11 bits per heavy atom. The summed E-state index contributed by atoms with van der Waals surface area (Å²) in [5.74, 6) is 5.95. The number of halogens is 2. The molecule has 4 aromatic rings. The van der Waals surface area contributed by atoms with Crippen molar-refractivity contribution in [2.75, 3.05) is 0 Å². The molecule has 132 valence electrons. The van der Waals surface area contributed by atoms with E-state index in [2.05, 4.69) is 32.1 Å². The first kappa shape index (κ1) is 16.9. The minimum absolute atomic E-state index is 0.216. The zero-order valence-corrected chi connectivity index (χ0v) is 14.6. The summed E-state index contributed by atoms with van der Waals surface area (Å²) in [6.45, 7) is 0.216. The molecular weight excluding hydrogens is 369 g/mol. The normalized spacial score (nSPS) is 10.4. The highest BCUT2D eigenvalue weighted by molar-refractivity contribution is 6.31. The van der Waals surface area contributed by atoms with Crippen molar-refractivity contribution >= 4 is 11.6 Å². The van der Waals surface area contributed by atoms with Gasteiger partial charge in [-0.25, -0.2) is 9.37 Å². The maximum atomic E-state index is 13.9. The zero-order chi connectivity index (χ0) is 18.6. The predicted octanol–water partition coefficient (Wildman–Crippen LogP) is 3.57. The molecule has 0 fully saturated rings. The average Bonchev–Trinajstić information content (AvgIpc) is 3.33. The lowest BCUT2D eigenvalue weighted by Crippen LogP contribution is -2.03. The van der Waals surface area contributed by atoms with Crippen LogP contribution in [0.25, 0.3) is 11.5 Å². The van der Waals surface area contributed by atoms with Crippen LogP contribution in [0.5, 0.6) is 0 Å². The fourth-order valence-electron chi connectivity index (χ4n) is 2.38. The molecule has 4 rings (SSSR count). The third-order valence-electron chi connectivity index (χ3n) is 3.68. The summed E-state index contributed by atoms with van der Waals surface area (Å²) in [6, 6.07) is 6.25. The first-order chi connectivity index (χ1) is 13.2. The van der Waals surface area contributed by atoms with Gasteiger partial charge in [0.25, 0.3) is 0 Å². The van der Waals surface area contributed by atoms with Gasteiger partial charge in [0.1, 0.15) is 11.5 Å². The number of nitrogens with zero attached hydrogens (tertiary/aromatic N) is 5. The number of aromatic nitrogens is 5. The van der Waals surface area contributed by atoms with E-state index in [1.165, 1.54) is 6.07 Å². The van der Waals surface area contributed by atoms with Crippen molar-refractivity contribution in [3.05, 3.63) is 82.9 Å². The number of benzene rings is 1. The molecule has 0 unspecified atom stereocenters. The largest absolute Gasteiger partial charge is 0.353 e. The zero-order valence-electron chi connectivity index (χ0n) is 13.8. The van der Waals surface area contributed by atoms with Crippen LogP contribution in [0.2, 0.25) is 5.02 Å². The van der Waals surface area contributed by atoms with Crippen molar-refractivity contribution in [1.29, 1.82) is 0 Å². The smallest absolute Gasteiger partial charge is 0.188 e. The van der Waals surface area contributed by atoms with Crippen LogP contribution in [-0.4, -0.2) is 24.9 Å².